The molecular formula is C18H29N3O2. The molecule has 23 heavy (non-hydrogen) atoms. The second-order valence-electron chi connectivity index (χ2n) is 6.95. The number of nitrogens with one attached hydrogen (secondary N) is 1. The summed E-state index contributed by atoms with van der Waals surface area (Å²) in [5.74, 6) is 0.517. The first-order valence-corrected chi connectivity index (χ1v) is 8.84. The molecule has 0 saturated carbocycles. The van der Waals surface area contributed by atoms with Crippen molar-refractivity contribution in [2.75, 3.05) is 44.8 Å². The van der Waals surface area contributed by atoms with Crippen LogP contribution in [-0.2, 0) is 9.47 Å². The lowest BCUT2D eigenvalue weighted by Crippen LogP contribution is -2.45. The second-order valence-corrected chi connectivity index (χ2v) is 6.95. The molecule has 2 fully saturated rings. The van der Waals surface area contributed by atoms with Gasteiger partial charge in [0.05, 0.1) is 31.6 Å². The molecule has 5 heteroatoms. The van der Waals surface area contributed by atoms with Crippen molar-refractivity contribution in [1.29, 1.82) is 0 Å². The first kappa shape index (κ1) is 16.7. The van der Waals surface area contributed by atoms with Gasteiger partial charge in [-0.3, -0.25) is 4.98 Å². The van der Waals surface area contributed by atoms with Crippen LogP contribution >= 0.6 is 0 Å². The molecule has 1 unspecified atom stereocenters. The van der Waals surface area contributed by atoms with Gasteiger partial charge >= 0.3 is 0 Å². The number of likely N-dealkylation sites (tertiary alicyclic amines) is 1. The summed E-state index contributed by atoms with van der Waals surface area (Å²) in [5, 5.41) is 3.66. The molecular weight excluding hydrogens is 290 g/mol. The molecule has 0 aromatic carbocycles. The number of aromatic nitrogens is 1. The van der Waals surface area contributed by atoms with E-state index in [2.05, 4.69) is 35.1 Å². The predicted molar refractivity (Wildman–Crippen MR) is 92.0 cm³/mol. The van der Waals surface area contributed by atoms with E-state index < -0.39 is 0 Å². The first-order valence-electron chi connectivity index (χ1n) is 8.84. The average molecular weight is 319 g/mol. The zero-order valence-corrected chi connectivity index (χ0v) is 14.3. The smallest absolute Gasteiger partial charge is 0.0936 e. The van der Waals surface area contributed by atoms with Crippen LogP contribution in [0.1, 0.15) is 38.2 Å². The number of pyridine rings is 1. The molecule has 2 aliphatic heterocycles. The molecule has 3 rings (SSSR count). The van der Waals surface area contributed by atoms with Gasteiger partial charge in [-0.05, 0) is 30.4 Å². The van der Waals surface area contributed by atoms with E-state index in [4.69, 9.17) is 9.47 Å². The van der Waals surface area contributed by atoms with Gasteiger partial charge in [0.2, 0.25) is 0 Å². The highest BCUT2D eigenvalue weighted by Gasteiger charge is 2.23. The molecule has 2 saturated heterocycles. The fourth-order valence-corrected chi connectivity index (χ4v) is 3.28. The normalized spacial score (nSPS) is 24.0. The maximum atomic E-state index is 5.75. The maximum absolute atomic E-state index is 5.75. The Morgan fingerprint density at radius 2 is 2.09 bits per heavy atom. The third-order valence-electron chi connectivity index (χ3n) is 4.73. The lowest BCUT2D eigenvalue weighted by molar-refractivity contribution is -0.0986. The highest BCUT2D eigenvalue weighted by atomic mass is 16.6. The zero-order chi connectivity index (χ0) is 16.1. The highest BCUT2D eigenvalue weighted by molar-refractivity contribution is 5.44. The van der Waals surface area contributed by atoms with Gasteiger partial charge in [0, 0.05) is 38.1 Å². The summed E-state index contributed by atoms with van der Waals surface area (Å²) in [4.78, 5) is 6.86. The molecule has 3 heterocycles. The van der Waals surface area contributed by atoms with Gasteiger partial charge in [0.1, 0.15) is 0 Å². The monoisotopic (exact) mass is 319 g/mol. The van der Waals surface area contributed by atoms with E-state index >= 15 is 0 Å². The van der Waals surface area contributed by atoms with Crippen LogP contribution in [0.3, 0.4) is 0 Å². The van der Waals surface area contributed by atoms with Crippen LogP contribution in [0.2, 0.25) is 0 Å². The molecule has 0 bridgehead atoms. The van der Waals surface area contributed by atoms with E-state index in [9.17, 15) is 0 Å². The van der Waals surface area contributed by atoms with Crippen molar-refractivity contribution < 1.29 is 9.47 Å². The summed E-state index contributed by atoms with van der Waals surface area (Å²) in [7, 11) is 0. The number of anilines is 1. The van der Waals surface area contributed by atoms with Crippen LogP contribution in [-0.4, -0.2) is 61.5 Å². The number of rotatable bonds is 5. The van der Waals surface area contributed by atoms with E-state index in [0.717, 1.165) is 45.1 Å². The third kappa shape index (κ3) is 4.90. The van der Waals surface area contributed by atoms with Gasteiger partial charge in [0.15, 0.2) is 0 Å². The van der Waals surface area contributed by atoms with Gasteiger partial charge in [0.25, 0.3) is 0 Å². The van der Waals surface area contributed by atoms with Gasteiger partial charge in [-0.1, -0.05) is 13.8 Å². The molecule has 1 aromatic rings. The molecule has 1 atom stereocenters. The molecule has 2 aliphatic rings. The molecule has 1 aromatic heterocycles. The maximum Gasteiger partial charge on any atom is 0.0936 e. The van der Waals surface area contributed by atoms with Crippen LogP contribution in [0, 0.1) is 0 Å². The van der Waals surface area contributed by atoms with Crippen LogP contribution in [0.5, 0.6) is 0 Å². The largest absolute Gasteiger partial charge is 0.381 e. The summed E-state index contributed by atoms with van der Waals surface area (Å²) in [6.45, 7) is 9.87. The standard InChI is InChI=1S/C18H29N3O2/c1-14(2)15-9-17(11-19-10-15)20-16-3-5-21(6-4-16)12-18-13-22-7-8-23-18/h9-11,14,16,18,20H,3-8,12-13H2,1-2H3. The van der Waals surface area contributed by atoms with Crippen molar-refractivity contribution in [3.8, 4) is 0 Å². The second kappa shape index (κ2) is 8.08. The van der Waals surface area contributed by atoms with Crippen molar-refractivity contribution in [3.63, 3.8) is 0 Å². The van der Waals surface area contributed by atoms with Gasteiger partial charge in [-0.15, -0.1) is 0 Å². The summed E-state index contributed by atoms with van der Waals surface area (Å²) >= 11 is 0. The number of ether oxygens (including phenoxy) is 2. The van der Waals surface area contributed by atoms with E-state index in [-0.39, 0.29) is 6.10 Å². The Labute approximate surface area is 139 Å². The predicted octanol–water partition coefficient (Wildman–Crippen LogP) is 2.50. The third-order valence-corrected chi connectivity index (χ3v) is 4.73. The van der Waals surface area contributed by atoms with E-state index in [1.54, 1.807) is 0 Å². The van der Waals surface area contributed by atoms with Crippen molar-refractivity contribution in [2.45, 2.75) is 44.8 Å². The van der Waals surface area contributed by atoms with Crippen LogP contribution in [0.4, 0.5) is 5.69 Å². The molecule has 0 aliphatic carbocycles. The molecule has 1 N–H and O–H groups in total. The summed E-state index contributed by atoms with van der Waals surface area (Å²) in [6, 6.07) is 2.77. The van der Waals surface area contributed by atoms with Gasteiger partial charge < -0.3 is 19.7 Å². The molecule has 128 valence electrons. The molecule has 0 radical (unpaired) electrons. The Balaban J connectivity index is 1.44. The van der Waals surface area contributed by atoms with E-state index in [1.165, 1.54) is 18.4 Å². The van der Waals surface area contributed by atoms with Crippen LogP contribution < -0.4 is 5.32 Å². The zero-order valence-electron chi connectivity index (χ0n) is 14.3. The number of nitrogens with zero attached hydrogens (tertiary/aromatic N) is 2. The van der Waals surface area contributed by atoms with E-state index in [1.807, 2.05) is 12.4 Å². The van der Waals surface area contributed by atoms with Crippen LogP contribution in [0.25, 0.3) is 0 Å². The minimum atomic E-state index is 0.250. The molecule has 0 spiro atoms. The van der Waals surface area contributed by atoms with Gasteiger partial charge in [-0.2, -0.15) is 0 Å². The minimum Gasteiger partial charge on any atom is -0.381 e. The summed E-state index contributed by atoms with van der Waals surface area (Å²) in [6.07, 6.45) is 6.48. The quantitative estimate of drug-likeness (QED) is 0.903. The van der Waals surface area contributed by atoms with Crippen molar-refractivity contribution in [3.05, 3.63) is 24.0 Å². The summed E-state index contributed by atoms with van der Waals surface area (Å²) in [5.41, 5.74) is 2.44. The Morgan fingerprint density at radius 1 is 1.26 bits per heavy atom. The Hall–Kier alpha value is -1.17. The summed E-state index contributed by atoms with van der Waals surface area (Å²) < 4.78 is 11.2. The Bertz CT molecular complexity index is 481. The molecule has 5 nitrogen and oxygen atoms in total. The SMILES string of the molecule is CC(C)c1cncc(NC2CCN(CC3COCCO3)CC2)c1. The molecule has 0 amide bonds. The van der Waals surface area contributed by atoms with Crippen molar-refractivity contribution >= 4 is 5.69 Å². The van der Waals surface area contributed by atoms with Gasteiger partial charge in [-0.25, -0.2) is 0 Å². The minimum absolute atomic E-state index is 0.250. The van der Waals surface area contributed by atoms with Crippen molar-refractivity contribution in [1.82, 2.24) is 9.88 Å². The van der Waals surface area contributed by atoms with Crippen molar-refractivity contribution in [2.24, 2.45) is 0 Å². The lowest BCUT2D eigenvalue weighted by Gasteiger charge is -2.35. The topological polar surface area (TPSA) is 46.6 Å². The van der Waals surface area contributed by atoms with E-state index in [0.29, 0.717) is 12.0 Å². The average Bonchev–Trinajstić information content (AvgIpc) is 2.58. The number of piperidine rings is 1. The Morgan fingerprint density at radius 3 is 2.78 bits per heavy atom. The number of hydrogen-bond donors (Lipinski definition) is 1. The van der Waals surface area contributed by atoms with Crippen LogP contribution in [0.15, 0.2) is 18.5 Å². The fraction of sp³-hybridized carbons (Fsp3) is 0.722. The first-order chi connectivity index (χ1) is 11.2. The fourth-order valence-electron chi connectivity index (χ4n) is 3.28. The highest BCUT2D eigenvalue weighted by Crippen LogP contribution is 2.20. The number of hydrogen-bond acceptors (Lipinski definition) is 5. The lowest BCUT2D eigenvalue weighted by atomic mass is 10.0. The Kier molecular flexibility index (Phi) is 5.86.